The molecule has 0 aliphatic rings. The van der Waals surface area contributed by atoms with E-state index in [-0.39, 0.29) is 6.04 Å². The van der Waals surface area contributed by atoms with E-state index in [2.05, 4.69) is 28.2 Å². The first-order chi connectivity index (χ1) is 9.65. The van der Waals surface area contributed by atoms with Gasteiger partial charge in [-0.05, 0) is 53.5 Å². The molecule has 2 aromatic rings. The summed E-state index contributed by atoms with van der Waals surface area (Å²) in [7, 11) is 0. The summed E-state index contributed by atoms with van der Waals surface area (Å²) in [5, 5.41) is 4.08. The molecule has 0 bridgehead atoms. The number of furan rings is 1. The minimum atomic E-state index is 0.0783. The molecule has 0 radical (unpaired) electrons. The molecule has 0 amide bonds. The fourth-order valence-electron chi connectivity index (χ4n) is 2.01. The lowest BCUT2D eigenvalue weighted by Gasteiger charge is -2.20. The van der Waals surface area contributed by atoms with Crippen molar-refractivity contribution in [3.8, 4) is 5.75 Å². The normalized spacial score (nSPS) is 12.2. The Hall–Kier alpha value is -1.13. The molecule has 1 unspecified atom stereocenters. The second kappa shape index (κ2) is 7.04. The number of halogens is 2. The lowest BCUT2D eigenvalue weighted by Crippen LogP contribution is -2.10. The maximum atomic E-state index is 6.12. The first-order valence-corrected chi connectivity index (χ1v) is 7.74. The molecular weight excluding hydrogens is 342 g/mol. The van der Waals surface area contributed by atoms with Gasteiger partial charge in [-0.25, -0.2) is 0 Å². The van der Waals surface area contributed by atoms with Gasteiger partial charge in [0.2, 0.25) is 0 Å². The van der Waals surface area contributed by atoms with Gasteiger partial charge in [-0.2, -0.15) is 0 Å². The maximum Gasteiger partial charge on any atom is 0.156 e. The van der Waals surface area contributed by atoms with Gasteiger partial charge in [0.15, 0.2) is 5.75 Å². The molecular formula is C15H17BrClNO2. The average molecular weight is 359 g/mol. The molecule has 1 atom stereocenters. The summed E-state index contributed by atoms with van der Waals surface area (Å²) in [6.45, 7) is 4.64. The van der Waals surface area contributed by atoms with Gasteiger partial charge in [0.25, 0.3) is 0 Å². The van der Waals surface area contributed by atoms with Crippen molar-refractivity contribution in [2.45, 2.75) is 26.3 Å². The van der Waals surface area contributed by atoms with Crippen LogP contribution in [0, 0.1) is 0 Å². The van der Waals surface area contributed by atoms with Gasteiger partial charge < -0.3 is 14.5 Å². The van der Waals surface area contributed by atoms with Crippen molar-refractivity contribution in [3.05, 3.63) is 45.8 Å². The van der Waals surface area contributed by atoms with Gasteiger partial charge in [0.05, 0.1) is 29.1 Å². The number of ether oxygens (including phenoxy) is 1. The fourth-order valence-corrected chi connectivity index (χ4v) is 2.93. The Balaban J connectivity index is 2.31. The lowest BCUT2D eigenvalue weighted by atomic mass is 10.1. The van der Waals surface area contributed by atoms with Crippen molar-refractivity contribution in [1.29, 1.82) is 0 Å². The summed E-state index contributed by atoms with van der Waals surface area (Å²) in [4.78, 5) is 0. The molecule has 108 valence electrons. The Labute approximate surface area is 132 Å². The highest BCUT2D eigenvalue weighted by atomic mass is 79.9. The molecule has 1 N–H and O–H groups in total. The van der Waals surface area contributed by atoms with Crippen LogP contribution >= 0.6 is 27.5 Å². The number of anilines is 1. The highest BCUT2D eigenvalue weighted by molar-refractivity contribution is 9.10. The summed E-state index contributed by atoms with van der Waals surface area (Å²) in [5.74, 6) is 1.66. The van der Waals surface area contributed by atoms with Gasteiger partial charge in [0.1, 0.15) is 5.76 Å². The summed E-state index contributed by atoms with van der Waals surface area (Å²) in [6, 6.07) is 7.61. The monoisotopic (exact) mass is 357 g/mol. The van der Waals surface area contributed by atoms with E-state index in [4.69, 9.17) is 20.8 Å². The molecule has 20 heavy (non-hydrogen) atoms. The third-order valence-electron chi connectivity index (χ3n) is 2.92. The third-order valence-corrected chi connectivity index (χ3v) is 3.73. The summed E-state index contributed by atoms with van der Waals surface area (Å²) in [6.07, 6.45) is 2.57. The quantitative estimate of drug-likeness (QED) is 0.723. The number of rotatable bonds is 6. The van der Waals surface area contributed by atoms with Crippen LogP contribution in [0.25, 0.3) is 0 Å². The van der Waals surface area contributed by atoms with Gasteiger partial charge in [-0.3, -0.25) is 0 Å². The smallest absolute Gasteiger partial charge is 0.156 e. The first kappa shape index (κ1) is 15.3. The Morgan fingerprint density at radius 3 is 2.80 bits per heavy atom. The van der Waals surface area contributed by atoms with Crippen LogP contribution in [-0.2, 0) is 0 Å². The van der Waals surface area contributed by atoms with E-state index >= 15 is 0 Å². The minimum Gasteiger partial charge on any atom is -0.491 e. The van der Waals surface area contributed by atoms with Crippen molar-refractivity contribution < 1.29 is 9.15 Å². The number of benzene rings is 1. The highest BCUT2D eigenvalue weighted by Gasteiger charge is 2.16. The van der Waals surface area contributed by atoms with Crippen LogP contribution in [-0.4, -0.2) is 6.61 Å². The van der Waals surface area contributed by atoms with Crippen molar-refractivity contribution in [3.63, 3.8) is 0 Å². The molecule has 2 rings (SSSR count). The second-order valence-electron chi connectivity index (χ2n) is 4.32. The molecule has 5 heteroatoms. The van der Waals surface area contributed by atoms with E-state index in [1.54, 1.807) is 6.26 Å². The topological polar surface area (TPSA) is 34.4 Å². The average Bonchev–Trinajstić information content (AvgIpc) is 2.93. The van der Waals surface area contributed by atoms with Gasteiger partial charge in [-0.1, -0.05) is 18.5 Å². The zero-order chi connectivity index (χ0) is 14.5. The van der Waals surface area contributed by atoms with Crippen molar-refractivity contribution in [2.75, 3.05) is 11.9 Å². The molecule has 0 saturated heterocycles. The Bertz CT molecular complexity index is 557. The molecule has 1 aromatic carbocycles. The van der Waals surface area contributed by atoms with Gasteiger partial charge in [0, 0.05) is 5.02 Å². The predicted molar refractivity (Wildman–Crippen MR) is 85.7 cm³/mol. The molecule has 0 aliphatic carbocycles. The van der Waals surface area contributed by atoms with E-state index in [1.807, 2.05) is 31.2 Å². The largest absolute Gasteiger partial charge is 0.491 e. The summed E-state index contributed by atoms with van der Waals surface area (Å²) < 4.78 is 12.0. The molecule has 0 spiro atoms. The van der Waals surface area contributed by atoms with Crippen LogP contribution in [0.4, 0.5) is 5.69 Å². The standard InChI is InChI=1S/C15H17BrClNO2/c1-3-12(14-6-5-7-20-14)18-13-9-10(17)8-11(16)15(13)19-4-2/h5-9,12,18H,3-4H2,1-2H3. The fraction of sp³-hybridized carbons (Fsp3) is 0.333. The zero-order valence-corrected chi connectivity index (χ0v) is 13.8. The van der Waals surface area contributed by atoms with Crippen molar-refractivity contribution in [1.82, 2.24) is 0 Å². The summed E-state index contributed by atoms with van der Waals surface area (Å²) in [5.41, 5.74) is 0.856. The third kappa shape index (κ3) is 3.49. The molecule has 3 nitrogen and oxygen atoms in total. The van der Waals surface area contributed by atoms with Crippen LogP contribution in [0.15, 0.2) is 39.4 Å². The number of hydrogen-bond acceptors (Lipinski definition) is 3. The zero-order valence-electron chi connectivity index (χ0n) is 11.5. The molecule has 1 heterocycles. The van der Waals surface area contributed by atoms with E-state index in [9.17, 15) is 0 Å². The maximum absolute atomic E-state index is 6.12. The van der Waals surface area contributed by atoms with Crippen LogP contribution in [0.1, 0.15) is 32.1 Å². The number of hydrogen-bond donors (Lipinski definition) is 1. The van der Waals surface area contributed by atoms with Crippen molar-refractivity contribution in [2.24, 2.45) is 0 Å². The van der Waals surface area contributed by atoms with E-state index in [1.165, 1.54) is 0 Å². The second-order valence-corrected chi connectivity index (χ2v) is 5.61. The summed E-state index contributed by atoms with van der Waals surface area (Å²) >= 11 is 9.61. The van der Waals surface area contributed by atoms with Gasteiger partial charge in [-0.15, -0.1) is 0 Å². The molecule has 1 aromatic heterocycles. The Morgan fingerprint density at radius 2 is 2.20 bits per heavy atom. The highest BCUT2D eigenvalue weighted by Crippen LogP contribution is 2.38. The lowest BCUT2D eigenvalue weighted by molar-refractivity contribution is 0.339. The van der Waals surface area contributed by atoms with E-state index in [0.717, 1.165) is 28.1 Å². The van der Waals surface area contributed by atoms with Gasteiger partial charge >= 0.3 is 0 Å². The van der Waals surface area contributed by atoms with Crippen LogP contribution in [0.2, 0.25) is 5.02 Å². The minimum absolute atomic E-state index is 0.0783. The predicted octanol–water partition coefficient (Wildman–Crippen LogP) is 5.66. The van der Waals surface area contributed by atoms with Crippen LogP contribution < -0.4 is 10.1 Å². The molecule has 0 fully saturated rings. The van der Waals surface area contributed by atoms with Crippen molar-refractivity contribution >= 4 is 33.2 Å². The molecule has 0 saturated carbocycles. The van der Waals surface area contributed by atoms with E-state index in [0.29, 0.717) is 11.6 Å². The Morgan fingerprint density at radius 1 is 1.40 bits per heavy atom. The molecule has 0 aliphatic heterocycles. The van der Waals surface area contributed by atoms with Crippen LogP contribution in [0.5, 0.6) is 5.75 Å². The number of nitrogens with one attached hydrogen (secondary N) is 1. The SMILES string of the molecule is CCOc1c(Br)cc(Cl)cc1NC(CC)c1ccco1. The Kier molecular flexibility index (Phi) is 5.38. The van der Waals surface area contributed by atoms with Crippen LogP contribution in [0.3, 0.4) is 0 Å². The first-order valence-electron chi connectivity index (χ1n) is 6.57. The van der Waals surface area contributed by atoms with E-state index < -0.39 is 0 Å².